The second-order valence-corrected chi connectivity index (χ2v) is 10.3. The summed E-state index contributed by atoms with van der Waals surface area (Å²) < 4.78 is 7.25. The molecule has 1 aliphatic heterocycles. The number of anilines is 1. The van der Waals surface area contributed by atoms with Gasteiger partial charge in [-0.25, -0.2) is 4.52 Å². The van der Waals surface area contributed by atoms with Crippen LogP contribution in [0.4, 0.5) is 5.69 Å². The second-order valence-electron chi connectivity index (χ2n) is 10.3. The second kappa shape index (κ2) is 7.24. The van der Waals surface area contributed by atoms with Gasteiger partial charge in [-0.05, 0) is 73.3 Å². The zero-order valence-corrected chi connectivity index (χ0v) is 19.0. The molecule has 8 heteroatoms. The molecule has 0 bridgehead atoms. The lowest BCUT2D eigenvalue weighted by atomic mass is 9.57. The molecule has 3 aliphatic rings. The van der Waals surface area contributed by atoms with Crippen LogP contribution in [0.3, 0.4) is 0 Å². The van der Waals surface area contributed by atoms with Gasteiger partial charge < -0.3 is 15.2 Å². The summed E-state index contributed by atoms with van der Waals surface area (Å²) >= 11 is 0. The Morgan fingerprint density at radius 1 is 1.15 bits per heavy atom. The fraction of sp³-hybridized carbons (Fsp3) is 0.385. The Kier molecular flexibility index (Phi) is 4.24. The summed E-state index contributed by atoms with van der Waals surface area (Å²) in [6.07, 6.45) is 10.1. The summed E-state index contributed by atoms with van der Waals surface area (Å²) in [6, 6.07) is 8.08. The van der Waals surface area contributed by atoms with E-state index in [0.717, 1.165) is 42.8 Å². The van der Waals surface area contributed by atoms with E-state index in [1.807, 2.05) is 25.3 Å². The van der Waals surface area contributed by atoms with Gasteiger partial charge in [0.2, 0.25) is 0 Å². The van der Waals surface area contributed by atoms with Crippen molar-refractivity contribution >= 4 is 17.1 Å². The van der Waals surface area contributed by atoms with Crippen molar-refractivity contribution in [1.82, 2.24) is 25.1 Å². The zero-order valence-electron chi connectivity index (χ0n) is 19.0. The van der Waals surface area contributed by atoms with Crippen molar-refractivity contribution < 1.29 is 9.32 Å². The number of rotatable bonds is 5. The van der Waals surface area contributed by atoms with Crippen molar-refractivity contribution in [3.63, 3.8) is 0 Å². The van der Waals surface area contributed by atoms with Gasteiger partial charge in [-0.15, -0.1) is 0 Å². The molecule has 1 amide bonds. The van der Waals surface area contributed by atoms with Crippen LogP contribution in [0.15, 0.2) is 47.4 Å². The van der Waals surface area contributed by atoms with Gasteiger partial charge >= 0.3 is 0 Å². The van der Waals surface area contributed by atoms with Crippen LogP contribution in [0.25, 0.3) is 16.9 Å². The fourth-order valence-corrected chi connectivity index (χ4v) is 5.37. The molecule has 2 saturated carbocycles. The highest BCUT2D eigenvalue weighted by Crippen LogP contribution is 2.53. The highest BCUT2D eigenvalue weighted by Gasteiger charge is 2.48. The van der Waals surface area contributed by atoms with Crippen LogP contribution in [0.1, 0.15) is 64.8 Å². The molecule has 3 fully saturated rings. The third-order valence-electron chi connectivity index (χ3n) is 7.74. The number of nitrogens with one attached hydrogen (secondary N) is 2. The highest BCUT2D eigenvalue weighted by molar-refractivity contribution is 6.09. The number of hydrogen-bond acceptors (Lipinski definition) is 6. The van der Waals surface area contributed by atoms with Crippen molar-refractivity contribution in [3.8, 4) is 11.4 Å². The van der Waals surface area contributed by atoms with Crippen LogP contribution in [0, 0.1) is 12.3 Å². The van der Waals surface area contributed by atoms with Gasteiger partial charge in [-0.1, -0.05) is 5.16 Å². The topological polar surface area (TPSA) is 97.4 Å². The minimum atomic E-state index is -0.181. The maximum Gasteiger partial charge on any atom is 0.259 e. The van der Waals surface area contributed by atoms with Crippen molar-refractivity contribution in [2.75, 3.05) is 18.4 Å². The lowest BCUT2D eigenvalue weighted by Gasteiger charge is -2.54. The van der Waals surface area contributed by atoms with Gasteiger partial charge in [-0.2, -0.15) is 5.10 Å². The Hall–Kier alpha value is -3.52. The number of aromatic nitrogens is 4. The van der Waals surface area contributed by atoms with E-state index >= 15 is 0 Å². The average Bonchev–Trinajstić information content (AvgIpc) is 3.35. The standard InChI is InChI=1S/C26H26N6O2/c1-15-11-28-21(22-8-24(34-31-22)16-2-3-16)7-20(15)30-25(33)19-12-29-32-5-4-17(6-23(19)32)18-9-26(10-18)13-27-14-26/h4-8,11-12,16,18,27H,2-3,9-10,13-14H2,1H3,(H,28,30,33). The number of hydrogen-bond donors (Lipinski definition) is 2. The van der Waals surface area contributed by atoms with Gasteiger partial charge in [0.1, 0.15) is 11.5 Å². The quantitative estimate of drug-likeness (QED) is 0.467. The molecule has 34 heavy (non-hydrogen) atoms. The Morgan fingerprint density at radius 2 is 2.00 bits per heavy atom. The molecule has 0 atom stereocenters. The first-order valence-corrected chi connectivity index (χ1v) is 12.0. The molecule has 8 nitrogen and oxygen atoms in total. The lowest BCUT2D eigenvalue weighted by molar-refractivity contribution is 0.0363. The molecule has 1 spiro atoms. The minimum Gasteiger partial charge on any atom is -0.360 e. The maximum absolute atomic E-state index is 13.3. The first-order chi connectivity index (χ1) is 16.6. The van der Waals surface area contributed by atoms with Gasteiger partial charge in [0.05, 0.1) is 23.0 Å². The summed E-state index contributed by atoms with van der Waals surface area (Å²) in [4.78, 5) is 17.8. The normalized spacial score (nSPS) is 19.2. The van der Waals surface area contributed by atoms with Crippen LogP contribution in [-0.4, -0.2) is 38.8 Å². The van der Waals surface area contributed by atoms with E-state index in [9.17, 15) is 4.79 Å². The van der Waals surface area contributed by atoms with Crippen molar-refractivity contribution in [2.24, 2.45) is 5.41 Å². The Balaban J connectivity index is 1.14. The summed E-state index contributed by atoms with van der Waals surface area (Å²) in [5.74, 6) is 1.78. The van der Waals surface area contributed by atoms with Gasteiger partial charge in [0, 0.05) is 43.2 Å². The van der Waals surface area contributed by atoms with Crippen LogP contribution < -0.4 is 10.6 Å². The first-order valence-electron chi connectivity index (χ1n) is 12.0. The molecule has 5 heterocycles. The third kappa shape index (κ3) is 3.24. The minimum absolute atomic E-state index is 0.181. The molecule has 7 rings (SSSR count). The van der Waals surface area contributed by atoms with E-state index in [4.69, 9.17) is 4.52 Å². The predicted octanol–water partition coefficient (Wildman–Crippen LogP) is 4.29. The molecule has 2 N–H and O–H groups in total. The summed E-state index contributed by atoms with van der Waals surface area (Å²) in [5, 5.41) is 15.0. The van der Waals surface area contributed by atoms with E-state index < -0.39 is 0 Å². The van der Waals surface area contributed by atoms with E-state index in [1.165, 1.54) is 18.4 Å². The Bertz CT molecular complexity index is 1420. The molecule has 0 unspecified atom stereocenters. The summed E-state index contributed by atoms with van der Waals surface area (Å²) in [7, 11) is 0. The summed E-state index contributed by atoms with van der Waals surface area (Å²) in [5.41, 5.74) is 6.17. The number of pyridine rings is 2. The molecule has 4 aromatic heterocycles. The molecule has 0 aromatic carbocycles. The molecule has 2 aliphatic carbocycles. The summed E-state index contributed by atoms with van der Waals surface area (Å²) in [6.45, 7) is 4.20. The van der Waals surface area contributed by atoms with E-state index in [1.54, 1.807) is 16.9 Å². The average molecular weight is 455 g/mol. The number of carbonyl (C=O) groups is 1. The zero-order chi connectivity index (χ0) is 22.9. The number of aryl methyl sites for hydroxylation is 1. The maximum atomic E-state index is 13.3. The van der Waals surface area contributed by atoms with Crippen LogP contribution in [-0.2, 0) is 0 Å². The predicted molar refractivity (Wildman–Crippen MR) is 127 cm³/mol. The largest absolute Gasteiger partial charge is 0.360 e. The Morgan fingerprint density at radius 3 is 2.76 bits per heavy atom. The van der Waals surface area contributed by atoms with Crippen molar-refractivity contribution in [3.05, 3.63) is 65.3 Å². The molecule has 0 radical (unpaired) electrons. The number of fused-ring (bicyclic) bond motifs is 1. The molecule has 1 saturated heterocycles. The SMILES string of the molecule is Cc1cnc(-c2cc(C3CC3)on2)cc1NC(=O)c1cnn2ccc(C3CC4(CNC4)C3)cc12. The Labute approximate surface area is 196 Å². The fourth-order valence-electron chi connectivity index (χ4n) is 5.37. The number of amides is 1. The van der Waals surface area contributed by atoms with Gasteiger partial charge in [-0.3, -0.25) is 9.78 Å². The number of nitrogens with zero attached hydrogens (tertiary/aromatic N) is 4. The molecular weight excluding hydrogens is 428 g/mol. The first kappa shape index (κ1) is 19.9. The van der Waals surface area contributed by atoms with Crippen molar-refractivity contribution in [2.45, 2.75) is 44.4 Å². The molecule has 172 valence electrons. The van der Waals surface area contributed by atoms with Gasteiger partial charge in [0.25, 0.3) is 5.91 Å². The van der Waals surface area contributed by atoms with Crippen LogP contribution in [0.5, 0.6) is 0 Å². The number of carbonyl (C=O) groups excluding carboxylic acids is 1. The van der Waals surface area contributed by atoms with Crippen LogP contribution >= 0.6 is 0 Å². The van der Waals surface area contributed by atoms with Crippen molar-refractivity contribution in [1.29, 1.82) is 0 Å². The molecular formula is C26H26N6O2. The lowest BCUT2D eigenvalue weighted by Crippen LogP contribution is -2.59. The monoisotopic (exact) mass is 454 g/mol. The van der Waals surface area contributed by atoms with E-state index in [2.05, 4.69) is 38.0 Å². The van der Waals surface area contributed by atoms with E-state index in [-0.39, 0.29) is 5.91 Å². The third-order valence-corrected chi connectivity index (χ3v) is 7.74. The molecule has 4 aromatic rings. The van der Waals surface area contributed by atoms with Crippen LogP contribution in [0.2, 0.25) is 0 Å². The smallest absolute Gasteiger partial charge is 0.259 e. The van der Waals surface area contributed by atoms with E-state index in [0.29, 0.717) is 39.9 Å². The van der Waals surface area contributed by atoms with Gasteiger partial charge in [0.15, 0.2) is 0 Å². The highest BCUT2D eigenvalue weighted by atomic mass is 16.5.